The fraction of sp³-hybridized carbons (Fsp3) is 0.154. The summed E-state index contributed by atoms with van der Waals surface area (Å²) in [5.74, 6) is -0.225. The van der Waals surface area contributed by atoms with Crippen LogP contribution < -0.4 is 10.9 Å². The number of aromatic nitrogens is 5. The number of rotatable bonds is 4. The Labute approximate surface area is 118 Å². The number of hydrogen-bond acceptors (Lipinski definition) is 5. The second kappa shape index (κ2) is 5.53. The molecule has 3 rings (SSSR count). The summed E-state index contributed by atoms with van der Waals surface area (Å²) < 4.78 is 1.43. The average molecular weight is 284 g/mol. The van der Waals surface area contributed by atoms with E-state index < -0.39 is 0 Å². The highest BCUT2D eigenvalue weighted by Gasteiger charge is 2.07. The van der Waals surface area contributed by atoms with E-state index in [0.29, 0.717) is 29.7 Å². The van der Waals surface area contributed by atoms with Gasteiger partial charge in [0.1, 0.15) is 11.0 Å². The third-order valence-corrected chi connectivity index (χ3v) is 3.01. The fourth-order valence-corrected chi connectivity index (χ4v) is 1.92. The molecule has 0 radical (unpaired) electrons. The zero-order valence-electron chi connectivity index (χ0n) is 11.0. The van der Waals surface area contributed by atoms with Crippen molar-refractivity contribution in [2.75, 3.05) is 6.54 Å². The Morgan fingerprint density at radius 2 is 2.10 bits per heavy atom. The SMILES string of the molecule is O=C(NCCn1cnccc1=O)c1ccc2n[nH]nc2c1. The second-order valence-electron chi connectivity index (χ2n) is 4.39. The van der Waals surface area contributed by atoms with Crippen LogP contribution >= 0.6 is 0 Å². The van der Waals surface area contributed by atoms with Gasteiger partial charge in [-0.2, -0.15) is 15.4 Å². The van der Waals surface area contributed by atoms with E-state index >= 15 is 0 Å². The van der Waals surface area contributed by atoms with Crippen molar-refractivity contribution in [1.29, 1.82) is 0 Å². The molecule has 2 heterocycles. The van der Waals surface area contributed by atoms with Crippen LogP contribution in [0.4, 0.5) is 0 Å². The number of benzene rings is 1. The zero-order chi connectivity index (χ0) is 14.7. The van der Waals surface area contributed by atoms with Crippen molar-refractivity contribution >= 4 is 16.9 Å². The Hall–Kier alpha value is -3.03. The van der Waals surface area contributed by atoms with Gasteiger partial charge in [0.25, 0.3) is 11.5 Å². The first-order chi connectivity index (χ1) is 10.2. The lowest BCUT2D eigenvalue weighted by Gasteiger charge is -2.06. The minimum Gasteiger partial charge on any atom is -0.350 e. The maximum Gasteiger partial charge on any atom is 0.253 e. The molecule has 21 heavy (non-hydrogen) atoms. The number of aromatic amines is 1. The van der Waals surface area contributed by atoms with Gasteiger partial charge < -0.3 is 5.32 Å². The quantitative estimate of drug-likeness (QED) is 0.698. The Morgan fingerprint density at radius 1 is 1.24 bits per heavy atom. The maximum absolute atomic E-state index is 12.0. The number of carbonyl (C=O) groups is 1. The Balaban J connectivity index is 1.64. The van der Waals surface area contributed by atoms with Gasteiger partial charge in [0.05, 0.1) is 6.33 Å². The van der Waals surface area contributed by atoms with Gasteiger partial charge in [-0.25, -0.2) is 4.98 Å². The molecule has 0 atom stereocenters. The summed E-state index contributed by atoms with van der Waals surface area (Å²) >= 11 is 0. The number of hydrogen-bond donors (Lipinski definition) is 2. The van der Waals surface area contributed by atoms with E-state index in [1.54, 1.807) is 18.2 Å². The van der Waals surface area contributed by atoms with Gasteiger partial charge in [-0.1, -0.05) is 0 Å². The van der Waals surface area contributed by atoms with E-state index in [0.717, 1.165) is 0 Å². The van der Waals surface area contributed by atoms with Crippen molar-refractivity contribution in [2.45, 2.75) is 6.54 Å². The van der Waals surface area contributed by atoms with Crippen molar-refractivity contribution in [3.8, 4) is 0 Å². The molecule has 1 aromatic carbocycles. The van der Waals surface area contributed by atoms with Crippen LogP contribution in [-0.2, 0) is 6.54 Å². The van der Waals surface area contributed by atoms with Crippen LogP contribution in [0.1, 0.15) is 10.4 Å². The molecule has 0 spiro atoms. The van der Waals surface area contributed by atoms with Crippen molar-refractivity contribution in [1.82, 2.24) is 30.3 Å². The molecule has 0 aliphatic carbocycles. The van der Waals surface area contributed by atoms with Crippen LogP contribution in [0.5, 0.6) is 0 Å². The summed E-state index contributed by atoms with van der Waals surface area (Å²) in [7, 11) is 0. The van der Waals surface area contributed by atoms with Crippen LogP contribution in [0.2, 0.25) is 0 Å². The van der Waals surface area contributed by atoms with Gasteiger partial charge in [0.15, 0.2) is 0 Å². The lowest BCUT2D eigenvalue weighted by Crippen LogP contribution is -2.30. The van der Waals surface area contributed by atoms with Crippen LogP contribution in [0.3, 0.4) is 0 Å². The highest BCUT2D eigenvalue weighted by Crippen LogP contribution is 2.10. The van der Waals surface area contributed by atoms with Crippen molar-refractivity contribution in [2.24, 2.45) is 0 Å². The largest absolute Gasteiger partial charge is 0.350 e. The van der Waals surface area contributed by atoms with Crippen LogP contribution in [0.15, 0.2) is 41.6 Å². The van der Waals surface area contributed by atoms with E-state index in [1.807, 2.05) is 0 Å². The molecule has 8 heteroatoms. The first-order valence-electron chi connectivity index (χ1n) is 6.33. The number of H-pyrrole nitrogens is 1. The summed E-state index contributed by atoms with van der Waals surface area (Å²) in [6.07, 6.45) is 2.88. The number of carbonyl (C=O) groups excluding carboxylic acids is 1. The van der Waals surface area contributed by atoms with Gasteiger partial charge in [0.2, 0.25) is 0 Å². The van der Waals surface area contributed by atoms with Crippen LogP contribution in [0, 0.1) is 0 Å². The lowest BCUT2D eigenvalue weighted by molar-refractivity contribution is 0.0952. The molecule has 8 nitrogen and oxygen atoms in total. The topological polar surface area (TPSA) is 106 Å². The summed E-state index contributed by atoms with van der Waals surface area (Å²) in [6.45, 7) is 0.700. The van der Waals surface area contributed by atoms with Crippen molar-refractivity contribution in [3.63, 3.8) is 0 Å². The van der Waals surface area contributed by atoms with Gasteiger partial charge >= 0.3 is 0 Å². The van der Waals surface area contributed by atoms with E-state index in [2.05, 4.69) is 25.7 Å². The number of fused-ring (bicyclic) bond motifs is 1. The normalized spacial score (nSPS) is 10.7. The molecule has 0 aliphatic rings. The summed E-state index contributed by atoms with van der Waals surface area (Å²) in [5, 5.41) is 13.1. The lowest BCUT2D eigenvalue weighted by atomic mass is 10.2. The third-order valence-electron chi connectivity index (χ3n) is 3.01. The molecule has 3 aromatic rings. The van der Waals surface area contributed by atoms with E-state index in [1.165, 1.54) is 23.2 Å². The summed E-state index contributed by atoms with van der Waals surface area (Å²) in [5.41, 5.74) is 1.68. The molecular weight excluding hydrogens is 272 g/mol. The number of nitrogens with zero attached hydrogens (tertiary/aromatic N) is 4. The highest BCUT2D eigenvalue weighted by molar-refractivity contribution is 5.97. The van der Waals surface area contributed by atoms with Crippen LogP contribution in [0.25, 0.3) is 11.0 Å². The minimum absolute atomic E-state index is 0.150. The highest BCUT2D eigenvalue weighted by atomic mass is 16.1. The number of nitrogens with one attached hydrogen (secondary N) is 2. The number of amides is 1. The molecule has 0 bridgehead atoms. The minimum atomic E-state index is -0.225. The molecule has 2 aromatic heterocycles. The maximum atomic E-state index is 12.0. The Morgan fingerprint density at radius 3 is 2.95 bits per heavy atom. The van der Waals surface area contributed by atoms with E-state index in [-0.39, 0.29) is 11.5 Å². The fourth-order valence-electron chi connectivity index (χ4n) is 1.92. The molecule has 0 unspecified atom stereocenters. The van der Waals surface area contributed by atoms with Crippen molar-refractivity contribution < 1.29 is 4.79 Å². The molecule has 0 fully saturated rings. The van der Waals surface area contributed by atoms with Gasteiger partial charge in [-0.05, 0) is 18.2 Å². The van der Waals surface area contributed by atoms with Crippen LogP contribution in [-0.4, -0.2) is 37.4 Å². The van der Waals surface area contributed by atoms with Gasteiger partial charge in [0, 0.05) is 30.9 Å². The second-order valence-corrected chi connectivity index (χ2v) is 4.39. The molecule has 0 aliphatic heterocycles. The molecule has 0 saturated carbocycles. The smallest absolute Gasteiger partial charge is 0.253 e. The van der Waals surface area contributed by atoms with Crippen molar-refractivity contribution in [3.05, 3.63) is 52.7 Å². The van der Waals surface area contributed by atoms with Gasteiger partial charge in [-0.3, -0.25) is 14.2 Å². The predicted octanol–water partition coefficient (Wildman–Crippen LogP) is -0.0554. The van der Waals surface area contributed by atoms with E-state index in [9.17, 15) is 9.59 Å². The molecule has 1 amide bonds. The molecule has 106 valence electrons. The molecule has 0 saturated heterocycles. The standard InChI is InChI=1S/C13H12N6O2/c20-12-3-4-14-8-19(12)6-5-15-13(21)9-1-2-10-11(7-9)17-18-16-10/h1-4,7-8H,5-6H2,(H,15,21)(H,16,17,18). The monoisotopic (exact) mass is 284 g/mol. The van der Waals surface area contributed by atoms with E-state index in [4.69, 9.17) is 0 Å². The Kier molecular flexibility index (Phi) is 3.42. The zero-order valence-corrected chi connectivity index (χ0v) is 11.0. The van der Waals surface area contributed by atoms with Gasteiger partial charge in [-0.15, -0.1) is 0 Å². The summed E-state index contributed by atoms with van der Waals surface area (Å²) in [4.78, 5) is 27.3. The first-order valence-corrected chi connectivity index (χ1v) is 6.33. The first kappa shape index (κ1) is 13.0. The predicted molar refractivity (Wildman–Crippen MR) is 74.7 cm³/mol. The third kappa shape index (κ3) is 2.78. The Bertz CT molecular complexity index is 838. The average Bonchev–Trinajstić information content (AvgIpc) is 2.96. The molecular formula is C13H12N6O2. The summed E-state index contributed by atoms with van der Waals surface area (Å²) in [6, 6.07) is 6.43. The molecule has 2 N–H and O–H groups in total.